The minimum atomic E-state index is -0.171. The summed E-state index contributed by atoms with van der Waals surface area (Å²) in [6.07, 6.45) is 2.53. The van der Waals surface area contributed by atoms with Crippen molar-refractivity contribution in [3.8, 4) is 0 Å². The van der Waals surface area contributed by atoms with Crippen molar-refractivity contribution in [1.29, 1.82) is 0 Å². The Labute approximate surface area is 111 Å². The Morgan fingerprint density at radius 2 is 2.33 bits per heavy atom. The van der Waals surface area contributed by atoms with Crippen LogP contribution in [0.2, 0.25) is 5.15 Å². The molecule has 18 heavy (non-hydrogen) atoms. The van der Waals surface area contributed by atoms with Crippen molar-refractivity contribution in [1.82, 2.24) is 15.2 Å². The lowest BCUT2D eigenvalue weighted by atomic mass is 10.2. The Kier molecular flexibility index (Phi) is 4.04. The molecule has 0 saturated heterocycles. The van der Waals surface area contributed by atoms with E-state index in [4.69, 9.17) is 17.3 Å². The number of hydrogen-bond acceptors (Lipinski definition) is 4. The van der Waals surface area contributed by atoms with Crippen molar-refractivity contribution in [2.45, 2.75) is 18.9 Å². The molecule has 0 spiro atoms. The molecule has 1 fully saturated rings. The molecule has 1 aliphatic carbocycles. The summed E-state index contributed by atoms with van der Waals surface area (Å²) in [5, 5.41) is 3.08. The fourth-order valence-corrected chi connectivity index (χ4v) is 2.01. The van der Waals surface area contributed by atoms with Crippen molar-refractivity contribution in [2.24, 2.45) is 0 Å². The van der Waals surface area contributed by atoms with E-state index < -0.39 is 0 Å². The van der Waals surface area contributed by atoms with Gasteiger partial charge in [0, 0.05) is 24.7 Å². The monoisotopic (exact) mass is 268 g/mol. The van der Waals surface area contributed by atoms with Crippen LogP contribution in [0, 0.1) is 0 Å². The first-order chi connectivity index (χ1) is 8.56. The van der Waals surface area contributed by atoms with Gasteiger partial charge in [-0.25, -0.2) is 4.98 Å². The van der Waals surface area contributed by atoms with E-state index in [1.807, 2.05) is 0 Å². The number of nitrogen functional groups attached to an aromatic ring is 1. The average molecular weight is 269 g/mol. The molecule has 0 aromatic carbocycles. The number of halogens is 1. The molecular formula is C12H17ClN4O. The van der Waals surface area contributed by atoms with Crippen LogP contribution in [0.1, 0.15) is 23.2 Å². The fraction of sp³-hybridized carbons (Fsp3) is 0.500. The zero-order chi connectivity index (χ0) is 13.1. The van der Waals surface area contributed by atoms with E-state index in [-0.39, 0.29) is 16.9 Å². The molecule has 1 saturated carbocycles. The number of pyridine rings is 1. The van der Waals surface area contributed by atoms with Crippen LogP contribution in [-0.2, 0) is 0 Å². The first-order valence-corrected chi connectivity index (χ1v) is 6.35. The summed E-state index contributed by atoms with van der Waals surface area (Å²) in [6.45, 7) is 1.47. The van der Waals surface area contributed by atoms with E-state index in [1.54, 1.807) is 0 Å². The first kappa shape index (κ1) is 13.1. The Bertz CT molecular complexity index is 427. The van der Waals surface area contributed by atoms with Crippen molar-refractivity contribution < 1.29 is 4.79 Å². The standard InChI is InChI=1S/C12H17ClN4O/c1-17(9-2-3-9)5-4-15-12(18)8-6-10(13)16-11(14)7-8/h6-7,9H,2-5H2,1H3,(H2,14,16)(H,15,18). The lowest BCUT2D eigenvalue weighted by Crippen LogP contribution is -2.34. The van der Waals surface area contributed by atoms with Crippen LogP contribution in [0.25, 0.3) is 0 Å². The third-order valence-electron chi connectivity index (χ3n) is 3.00. The number of rotatable bonds is 5. The average Bonchev–Trinajstić information content (AvgIpc) is 3.11. The van der Waals surface area contributed by atoms with Crippen molar-refractivity contribution in [3.05, 3.63) is 22.8 Å². The van der Waals surface area contributed by atoms with Gasteiger partial charge in [-0.1, -0.05) is 11.6 Å². The Morgan fingerprint density at radius 1 is 1.61 bits per heavy atom. The van der Waals surface area contributed by atoms with E-state index in [0.29, 0.717) is 18.2 Å². The van der Waals surface area contributed by atoms with Gasteiger partial charge in [0.25, 0.3) is 5.91 Å². The van der Waals surface area contributed by atoms with Gasteiger partial charge in [0.2, 0.25) is 0 Å². The van der Waals surface area contributed by atoms with Gasteiger partial charge in [-0.15, -0.1) is 0 Å². The topological polar surface area (TPSA) is 71.2 Å². The van der Waals surface area contributed by atoms with Gasteiger partial charge in [0.15, 0.2) is 0 Å². The molecule has 1 aliphatic rings. The Morgan fingerprint density at radius 3 is 2.94 bits per heavy atom. The highest BCUT2D eigenvalue weighted by Gasteiger charge is 2.25. The molecule has 98 valence electrons. The summed E-state index contributed by atoms with van der Waals surface area (Å²) in [5.41, 5.74) is 5.98. The Hall–Kier alpha value is -1.33. The third-order valence-corrected chi connectivity index (χ3v) is 3.19. The van der Waals surface area contributed by atoms with Crippen LogP contribution < -0.4 is 11.1 Å². The molecule has 0 unspecified atom stereocenters. The lowest BCUT2D eigenvalue weighted by Gasteiger charge is -2.15. The molecule has 1 aromatic rings. The van der Waals surface area contributed by atoms with Crippen LogP contribution in [0.15, 0.2) is 12.1 Å². The minimum absolute atomic E-state index is 0.171. The summed E-state index contributed by atoms with van der Waals surface area (Å²) in [7, 11) is 2.07. The number of anilines is 1. The van der Waals surface area contributed by atoms with Crippen LogP contribution in [0.4, 0.5) is 5.82 Å². The largest absolute Gasteiger partial charge is 0.384 e. The summed E-state index contributed by atoms with van der Waals surface area (Å²) in [4.78, 5) is 17.9. The number of nitrogens with two attached hydrogens (primary N) is 1. The molecule has 0 radical (unpaired) electrons. The molecule has 3 N–H and O–H groups in total. The lowest BCUT2D eigenvalue weighted by molar-refractivity contribution is 0.0949. The molecular weight excluding hydrogens is 252 g/mol. The third kappa shape index (κ3) is 3.58. The first-order valence-electron chi connectivity index (χ1n) is 5.98. The second-order valence-corrected chi connectivity index (χ2v) is 4.96. The van der Waals surface area contributed by atoms with Crippen molar-refractivity contribution >= 4 is 23.3 Å². The van der Waals surface area contributed by atoms with E-state index in [1.165, 1.54) is 25.0 Å². The number of amides is 1. The van der Waals surface area contributed by atoms with Crippen LogP contribution in [-0.4, -0.2) is 42.0 Å². The zero-order valence-electron chi connectivity index (χ0n) is 10.3. The fourth-order valence-electron chi connectivity index (χ4n) is 1.79. The maximum absolute atomic E-state index is 11.8. The molecule has 0 aliphatic heterocycles. The highest BCUT2D eigenvalue weighted by molar-refractivity contribution is 6.29. The van der Waals surface area contributed by atoms with E-state index in [2.05, 4.69) is 22.2 Å². The SMILES string of the molecule is CN(CCNC(=O)c1cc(N)nc(Cl)c1)C1CC1. The van der Waals surface area contributed by atoms with Gasteiger partial charge < -0.3 is 16.0 Å². The number of likely N-dealkylation sites (N-methyl/N-ethyl adjacent to an activating group) is 1. The van der Waals surface area contributed by atoms with Gasteiger partial charge in [0.05, 0.1) is 0 Å². The van der Waals surface area contributed by atoms with Gasteiger partial charge in [0.1, 0.15) is 11.0 Å². The van der Waals surface area contributed by atoms with E-state index in [0.717, 1.165) is 6.54 Å². The summed E-state index contributed by atoms with van der Waals surface area (Å²) in [6, 6.07) is 3.73. The number of carbonyl (C=O) groups excluding carboxylic acids is 1. The molecule has 0 bridgehead atoms. The summed E-state index contributed by atoms with van der Waals surface area (Å²) < 4.78 is 0. The summed E-state index contributed by atoms with van der Waals surface area (Å²) >= 11 is 5.75. The van der Waals surface area contributed by atoms with E-state index in [9.17, 15) is 4.79 Å². The number of aromatic nitrogens is 1. The number of nitrogens with zero attached hydrogens (tertiary/aromatic N) is 2. The molecule has 6 heteroatoms. The van der Waals surface area contributed by atoms with Crippen molar-refractivity contribution in [3.63, 3.8) is 0 Å². The second-order valence-electron chi connectivity index (χ2n) is 4.57. The molecule has 1 amide bonds. The number of carbonyl (C=O) groups is 1. The molecule has 5 nitrogen and oxygen atoms in total. The highest BCUT2D eigenvalue weighted by Crippen LogP contribution is 2.24. The van der Waals surface area contributed by atoms with Gasteiger partial charge >= 0.3 is 0 Å². The molecule has 2 rings (SSSR count). The van der Waals surface area contributed by atoms with Crippen LogP contribution >= 0.6 is 11.6 Å². The Balaban J connectivity index is 1.83. The summed E-state index contributed by atoms with van der Waals surface area (Å²) in [5.74, 6) is 0.0814. The molecule has 1 heterocycles. The number of hydrogen-bond donors (Lipinski definition) is 2. The molecule has 1 aromatic heterocycles. The number of nitrogens with one attached hydrogen (secondary N) is 1. The quantitative estimate of drug-likeness (QED) is 0.786. The maximum atomic E-state index is 11.8. The predicted molar refractivity (Wildman–Crippen MR) is 71.6 cm³/mol. The molecule has 0 atom stereocenters. The van der Waals surface area contributed by atoms with Crippen molar-refractivity contribution in [2.75, 3.05) is 25.9 Å². The van der Waals surface area contributed by atoms with Gasteiger partial charge in [-0.3, -0.25) is 4.79 Å². The van der Waals surface area contributed by atoms with Gasteiger partial charge in [-0.05, 0) is 32.0 Å². The predicted octanol–water partition coefficient (Wildman–Crippen LogP) is 1.14. The second kappa shape index (κ2) is 5.54. The van der Waals surface area contributed by atoms with Gasteiger partial charge in [-0.2, -0.15) is 0 Å². The zero-order valence-corrected chi connectivity index (χ0v) is 11.1. The maximum Gasteiger partial charge on any atom is 0.251 e. The normalized spacial score (nSPS) is 14.8. The smallest absolute Gasteiger partial charge is 0.251 e. The van der Waals surface area contributed by atoms with Crippen LogP contribution in [0.3, 0.4) is 0 Å². The van der Waals surface area contributed by atoms with E-state index >= 15 is 0 Å². The highest BCUT2D eigenvalue weighted by atomic mass is 35.5. The van der Waals surface area contributed by atoms with Crippen LogP contribution in [0.5, 0.6) is 0 Å². The minimum Gasteiger partial charge on any atom is -0.384 e.